The number of hydrogen-bond acceptors (Lipinski definition) is 4. The number of alkyl halides is 1. The highest BCUT2D eigenvalue weighted by Gasteiger charge is 2.27. The number of rotatable bonds is 7. The Labute approximate surface area is 190 Å². The van der Waals surface area contributed by atoms with E-state index < -0.39 is 11.9 Å². The van der Waals surface area contributed by atoms with E-state index in [1.165, 1.54) is 0 Å². The monoisotopic (exact) mass is 492 g/mol. The number of piperazine rings is 1. The molecule has 3 rings (SSSR count). The number of anilines is 1. The van der Waals surface area contributed by atoms with Crippen LogP contribution in [0, 0.1) is 0 Å². The summed E-state index contributed by atoms with van der Waals surface area (Å²) in [6, 6.07) is 14.9. The molecule has 8 heteroatoms. The lowest BCUT2D eigenvalue weighted by Gasteiger charge is -2.38. The van der Waals surface area contributed by atoms with Gasteiger partial charge < -0.3 is 20.9 Å². The van der Waals surface area contributed by atoms with E-state index >= 15 is 0 Å². The normalized spacial score (nSPS) is 16.2. The number of carbonyl (C=O) groups is 2. The number of likely N-dealkylation sites (N-methyl/N-ethyl adjacent to an activating group) is 1. The van der Waals surface area contributed by atoms with E-state index in [1.54, 1.807) is 7.05 Å². The van der Waals surface area contributed by atoms with Crippen LogP contribution < -0.4 is 16.0 Å². The average Bonchev–Trinajstić information content (AvgIpc) is 2.75. The van der Waals surface area contributed by atoms with Gasteiger partial charge in [-0.15, -0.1) is 11.6 Å². The zero-order valence-electron chi connectivity index (χ0n) is 16.9. The molecule has 160 valence electrons. The summed E-state index contributed by atoms with van der Waals surface area (Å²) < 4.78 is 0.880. The first-order valence-corrected chi connectivity index (χ1v) is 11.1. The van der Waals surface area contributed by atoms with Gasteiger partial charge in [0, 0.05) is 48.3 Å². The van der Waals surface area contributed by atoms with Crippen LogP contribution >= 0.6 is 27.5 Å². The number of nitrogens with one attached hydrogen (secondary N) is 1. The van der Waals surface area contributed by atoms with Crippen molar-refractivity contribution < 1.29 is 9.59 Å². The average molecular weight is 494 g/mol. The standard InChI is InChI=1S/C22H26BrClN4O2/c1-26-21(22(25)30)17-13-16(23)7-8-19(17)27-9-11-28(12-10-27)20(29)14-18(24)15-5-3-2-4-6-15/h2-8,13,18,21,26H,9-12,14H2,1H3,(H2,25,30). The maximum Gasteiger partial charge on any atom is 0.239 e. The number of hydrogen-bond donors (Lipinski definition) is 2. The van der Waals surface area contributed by atoms with E-state index in [1.807, 2.05) is 53.4 Å². The van der Waals surface area contributed by atoms with Crippen molar-refractivity contribution in [1.29, 1.82) is 0 Å². The van der Waals surface area contributed by atoms with Gasteiger partial charge >= 0.3 is 0 Å². The number of carbonyl (C=O) groups excluding carboxylic acids is 2. The second-order valence-corrected chi connectivity index (χ2v) is 8.72. The van der Waals surface area contributed by atoms with Crippen LogP contribution in [0.15, 0.2) is 53.0 Å². The lowest BCUT2D eigenvalue weighted by Crippen LogP contribution is -2.49. The molecule has 0 bridgehead atoms. The van der Waals surface area contributed by atoms with E-state index in [2.05, 4.69) is 26.1 Å². The van der Waals surface area contributed by atoms with Gasteiger partial charge in [0.2, 0.25) is 11.8 Å². The summed E-state index contributed by atoms with van der Waals surface area (Å²) in [4.78, 5) is 28.7. The first kappa shape index (κ1) is 22.6. The number of amides is 2. The topological polar surface area (TPSA) is 78.7 Å². The zero-order valence-corrected chi connectivity index (χ0v) is 19.2. The van der Waals surface area contributed by atoms with Gasteiger partial charge in [-0.1, -0.05) is 46.3 Å². The fourth-order valence-electron chi connectivity index (χ4n) is 3.75. The van der Waals surface area contributed by atoms with E-state index in [9.17, 15) is 9.59 Å². The summed E-state index contributed by atoms with van der Waals surface area (Å²) in [7, 11) is 1.71. The van der Waals surface area contributed by atoms with Crippen molar-refractivity contribution in [3.63, 3.8) is 0 Å². The molecule has 1 heterocycles. The Morgan fingerprint density at radius 1 is 1.13 bits per heavy atom. The molecule has 0 aromatic heterocycles. The molecule has 2 aromatic rings. The third-order valence-corrected chi connectivity index (χ3v) is 6.26. The first-order chi connectivity index (χ1) is 14.4. The van der Waals surface area contributed by atoms with Gasteiger partial charge in [-0.05, 0) is 30.8 Å². The second kappa shape index (κ2) is 10.3. The first-order valence-electron chi connectivity index (χ1n) is 9.88. The molecule has 0 aliphatic carbocycles. The van der Waals surface area contributed by atoms with Crippen LogP contribution in [-0.2, 0) is 9.59 Å². The van der Waals surface area contributed by atoms with Crippen LogP contribution in [0.3, 0.4) is 0 Å². The Morgan fingerprint density at radius 3 is 2.40 bits per heavy atom. The number of nitrogens with zero attached hydrogens (tertiary/aromatic N) is 2. The van der Waals surface area contributed by atoms with Gasteiger partial charge in [0.1, 0.15) is 6.04 Å². The lowest BCUT2D eigenvalue weighted by atomic mass is 10.0. The molecular formula is C22H26BrClN4O2. The molecule has 1 aliphatic heterocycles. The molecule has 1 fully saturated rings. The molecule has 2 amide bonds. The third-order valence-electron chi connectivity index (χ3n) is 5.36. The molecule has 30 heavy (non-hydrogen) atoms. The van der Waals surface area contributed by atoms with Crippen LogP contribution in [-0.4, -0.2) is 49.9 Å². The fourth-order valence-corrected chi connectivity index (χ4v) is 4.41. The maximum absolute atomic E-state index is 12.7. The highest BCUT2D eigenvalue weighted by atomic mass is 79.9. The predicted molar refractivity (Wildman–Crippen MR) is 124 cm³/mol. The Kier molecular flexibility index (Phi) is 7.75. The molecule has 2 aromatic carbocycles. The van der Waals surface area contributed by atoms with Gasteiger partial charge in [0.15, 0.2) is 0 Å². The molecule has 2 atom stereocenters. The van der Waals surface area contributed by atoms with Crippen molar-refractivity contribution in [2.24, 2.45) is 5.73 Å². The van der Waals surface area contributed by atoms with Crippen molar-refractivity contribution in [3.05, 3.63) is 64.1 Å². The van der Waals surface area contributed by atoms with Crippen molar-refractivity contribution in [3.8, 4) is 0 Å². The fraction of sp³-hybridized carbons (Fsp3) is 0.364. The molecule has 6 nitrogen and oxygen atoms in total. The summed E-state index contributed by atoms with van der Waals surface area (Å²) in [5.41, 5.74) is 8.31. The minimum atomic E-state index is -0.583. The highest BCUT2D eigenvalue weighted by molar-refractivity contribution is 9.10. The molecule has 2 unspecified atom stereocenters. The Bertz CT molecular complexity index is 888. The molecule has 1 aliphatic rings. The van der Waals surface area contributed by atoms with E-state index in [4.69, 9.17) is 17.3 Å². The quantitative estimate of drug-likeness (QED) is 0.581. The lowest BCUT2D eigenvalue weighted by molar-refractivity contribution is -0.131. The summed E-state index contributed by atoms with van der Waals surface area (Å²) in [6.07, 6.45) is 0.276. The number of halogens is 2. The molecule has 0 radical (unpaired) electrons. The summed E-state index contributed by atoms with van der Waals surface area (Å²) in [5.74, 6) is -0.375. The largest absolute Gasteiger partial charge is 0.368 e. The van der Waals surface area contributed by atoms with Crippen LogP contribution in [0.2, 0.25) is 0 Å². The van der Waals surface area contributed by atoms with Crippen LogP contribution in [0.25, 0.3) is 0 Å². The van der Waals surface area contributed by atoms with Crippen LogP contribution in [0.4, 0.5) is 5.69 Å². The number of nitrogens with two attached hydrogens (primary N) is 1. The third kappa shape index (κ3) is 5.33. The second-order valence-electron chi connectivity index (χ2n) is 7.28. The van der Waals surface area contributed by atoms with Crippen LogP contribution in [0.1, 0.15) is 29.0 Å². The Morgan fingerprint density at radius 2 is 1.80 bits per heavy atom. The van der Waals surface area contributed by atoms with E-state index in [-0.39, 0.29) is 17.7 Å². The van der Waals surface area contributed by atoms with Crippen molar-refractivity contribution in [2.75, 3.05) is 38.1 Å². The molecule has 1 saturated heterocycles. The maximum atomic E-state index is 12.7. The van der Waals surface area contributed by atoms with E-state index in [0.29, 0.717) is 26.2 Å². The SMILES string of the molecule is CNC(C(N)=O)c1cc(Br)ccc1N1CCN(C(=O)CC(Cl)c2ccccc2)CC1. The molecular weight excluding hydrogens is 468 g/mol. The summed E-state index contributed by atoms with van der Waals surface area (Å²) >= 11 is 9.92. The molecule has 0 saturated carbocycles. The minimum Gasteiger partial charge on any atom is -0.368 e. The van der Waals surface area contributed by atoms with Crippen molar-refractivity contribution >= 4 is 45.0 Å². The van der Waals surface area contributed by atoms with Crippen molar-refractivity contribution in [2.45, 2.75) is 17.8 Å². The molecule has 3 N–H and O–H groups in total. The van der Waals surface area contributed by atoms with Crippen molar-refractivity contribution in [1.82, 2.24) is 10.2 Å². The summed E-state index contributed by atoms with van der Waals surface area (Å²) in [5, 5.41) is 2.66. The zero-order chi connectivity index (χ0) is 21.7. The highest BCUT2D eigenvalue weighted by Crippen LogP contribution is 2.31. The molecule has 0 spiro atoms. The van der Waals surface area contributed by atoms with Gasteiger partial charge in [-0.3, -0.25) is 9.59 Å². The van der Waals surface area contributed by atoms with Gasteiger partial charge in [-0.2, -0.15) is 0 Å². The van der Waals surface area contributed by atoms with Crippen LogP contribution in [0.5, 0.6) is 0 Å². The smallest absolute Gasteiger partial charge is 0.239 e. The predicted octanol–water partition coefficient (Wildman–Crippen LogP) is 3.21. The van der Waals surface area contributed by atoms with Gasteiger partial charge in [0.25, 0.3) is 0 Å². The van der Waals surface area contributed by atoms with Gasteiger partial charge in [-0.25, -0.2) is 0 Å². The number of benzene rings is 2. The Hall–Kier alpha value is -2.09. The Balaban J connectivity index is 1.66. The summed E-state index contributed by atoms with van der Waals surface area (Å²) in [6.45, 7) is 2.56. The van der Waals surface area contributed by atoms with Gasteiger partial charge in [0.05, 0.1) is 5.38 Å². The van der Waals surface area contributed by atoms with E-state index in [0.717, 1.165) is 21.3 Å². The number of primary amides is 1. The minimum absolute atomic E-state index is 0.0553.